The van der Waals surface area contributed by atoms with Gasteiger partial charge in [-0.1, -0.05) is 12.6 Å². The summed E-state index contributed by atoms with van der Waals surface area (Å²) in [5, 5.41) is 2.63. The van der Waals surface area contributed by atoms with E-state index in [4.69, 9.17) is 24.1 Å². The SMILES string of the molecule is C[C@H](C[S])NC(=O)[C@@H](N)CCC(N)=O. The zero-order valence-electron chi connectivity index (χ0n) is 8.16. The second-order valence-electron chi connectivity index (χ2n) is 3.19. The van der Waals surface area contributed by atoms with Gasteiger partial charge in [0, 0.05) is 18.2 Å². The summed E-state index contributed by atoms with van der Waals surface area (Å²) in [4.78, 5) is 21.7. The van der Waals surface area contributed by atoms with Crippen LogP contribution in [0.1, 0.15) is 19.8 Å². The Morgan fingerprint density at radius 3 is 2.50 bits per heavy atom. The van der Waals surface area contributed by atoms with E-state index >= 15 is 0 Å². The average Bonchev–Trinajstić information content (AvgIpc) is 2.13. The number of hydrogen-bond acceptors (Lipinski definition) is 3. The third kappa shape index (κ3) is 5.82. The first-order valence-electron chi connectivity index (χ1n) is 4.39. The highest BCUT2D eigenvalue weighted by Gasteiger charge is 2.15. The molecule has 6 heteroatoms. The van der Waals surface area contributed by atoms with Gasteiger partial charge in [-0.15, -0.1) is 0 Å². The van der Waals surface area contributed by atoms with Crippen molar-refractivity contribution in [2.45, 2.75) is 31.8 Å². The summed E-state index contributed by atoms with van der Waals surface area (Å²) in [6, 6.07) is -0.761. The minimum atomic E-state index is -0.688. The minimum absolute atomic E-state index is 0.0721. The lowest BCUT2D eigenvalue weighted by molar-refractivity contribution is -0.123. The summed E-state index contributed by atoms with van der Waals surface area (Å²) in [5.41, 5.74) is 10.4. The molecule has 5 nitrogen and oxygen atoms in total. The number of nitrogens with two attached hydrogens (primary N) is 2. The van der Waals surface area contributed by atoms with Crippen molar-refractivity contribution in [3.63, 3.8) is 0 Å². The van der Waals surface area contributed by atoms with E-state index in [9.17, 15) is 9.59 Å². The van der Waals surface area contributed by atoms with E-state index in [0.29, 0.717) is 5.75 Å². The number of primary amides is 1. The van der Waals surface area contributed by atoms with E-state index < -0.39 is 11.9 Å². The Hall–Kier alpha value is -0.750. The van der Waals surface area contributed by atoms with Crippen LogP contribution in [0.2, 0.25) is 0 Å². The number of nitrogens with one attached hydrogen (secondary N) is 1. The van der Waals surface area contributed by atoms with E-state index in [-0.39, 0.29) is 24.8 Å². The molecule has 0 aromatic heterocycles. The second-order valence-corrected chi connectivity index (χ2v) is 3.52. The Morgan fingerprint density at radius 2 is 2.07 bits per heavy atom. The summed E-state index contributed by atoms with van der Waals surface area (Å²) >= 11 is 4.76. The van der Waals surface area contributed by atoms with Gasteiger partial charge in [0.15, 0.2) is 0 Å². The van der Waals surface area contributed by atoms with Gasteiger partial charge in [0.1, 0.15) is 0 Å². The fraction of sp³-hybridized carbons (Fsp3) is 0.750. The molecule has 0 aliphatic carbocycles. The highest BCUT2D eigenvalue weighted by molar-refractivity contribution is 7.80. The van der Waals surface area contributed by atoms with Crippen molar-refractivity contribution in [3.05, 3.63) is 0 Å². The molecular weight excluding hydrogens is 202 g/mol. The van der Waals surface area contributed by atoms with E-state index in [2.05, 4.69) is 5.32 Å². The topological polar surface area (TPSA) is 98.2 Å². The van der Waals surface area contributed by atoms with Gasteiger partial charge in [-0.2, -0.15) is 0 Å². The van der Waals surface area contributed by atoms with Crippen LogP contribution in [0.25, 0.3) is 0 Å². The summed E-state index contributed by atoms with van der Waals surface area (Å²) in [7, 11) is 0. The van der Waals surface area contributed by atoms with Gasteiger partial charge < -0.3 is 16.8 Å². The van der Waals surface area contributed by atoms with Gasteiger partial charge in [0.2, 0.25) is 11.8 Å². The summed E-state index contributed by atoms with van der Waals surface area (Å²) in [6.07, 6.45) is 0.391. The highest BCUT2D eigenvalue weighted by Crippen LogP contribution is 1.95. The van der Waals surface area contributed by atoms with Crippen molar-refractivity contribution < 1.29 is 9.59 Å². The largest absolute Gasteiger partial charge is 0.370 e. The molecule has 0 rings (SSSR count). The summed E-state index contributed by atoms with van der Waals surface area (Å²) in [6.45, 7) is 1.80. The molecule has 0 unspecified atom stereocenters. The number of carbonyl (C=O) groups is 2. The minimum Gasteiger partial charge on any atom is -0.370 e. The van der Waals surface area contributed by atoms with E-state index in [1.807, 2.05) is 0 Å². The van der Waals surface area contributed by atoms with Crippen LogP contribution < -0.4 is 16.8 Å². The first-order valence-corrected chi connectivity index (χ1v) is 4.97. The molecule has 0 aliphatic heterocycles. The molecule has 0 aliphatic rings. The Morgan fingerprint density at radius 1 is 1.50 bits per heavy atom. The molecule has 0 fully saturated rings. The van der Waals surface area contributed by atoms with Crippen molar-refractivity contribution in [2.75, 3.05) is 5.75 Å². The van der Waals surface area contributed by atoms with Crippen molar-refractivity contribution in [1.82, 2.24) is 5.32 Å². The second kappa shape index (κ2) is 6.67. The van der Waals surface area contributed by atoms with E-state index in [1.54, 1.807) is 6.92 Å². The monoisotopic (exact) mass is 218 g/mol. The standard InChI is InChI=1S/C8H16N3O2S/c1-5(4-14)11-8(13)6(9)2-3-7(10)12/h5-6H,2-4,9H2,1H3,(H2,10,12)(H,11,13)/t5-,6+/m1/s1. The van der Waals surface area contributed by atoms with E-state index in [0.717, 1.165) is 0 Å². The molecule has 0 bridgehead atoms. The van der Waals surface area contributed by atoms with Gasteiger partial charge in [-0.25, -0.2) is 0 Å². The Balaban J connectivity index is 3.81. The molecule has 5 N–H and O–H groups in total. The van der Waals surface area contributed by atoms with Crippen LogP contribution in [-0.4, -0.2) is 29.7 Å². The van der Waals surface area contributed by atoms with Crippen LogP contribution in [0.4, 0.5) is 0 Å². The first kappa shape index (κ1) is 13.2. The van der Waals surface area contributed by atoms with Crippen LogP contribution in [0.15, 0.2) is 0 Å². The predicted molar refractivity (Wildman–Crippen MR) is 56.5 cm³/mol. The first-order chi connectivity index (χ1) is 6.47. The van der Waals surface area contributed by atoms with Crippen LogP contribution in [-0.2, 0) is 9.59 Å². The molecule has 81 valence electrons. The fourth-order valence-corrected chi connectivity index (χ4v) is 0.904. The number of amides is 2. The molecule has 0 spiro atoms. The summed E-state index contributed by atoms with van der Waals surface area (Å²) in [5.74, 6) is -0.304. The predicted octanol–water partition coefficient (Wildman–Crippen LogP) is -0.719. The molecular formula is C8H16N3O2S. The Kier molecular flexibility index (Phi) is 6.31. The molecule has 2 atom stereocenters. The Bertz CT molecular complexity index is 211. The van der Waals surface area contributed by atoms with Gasteiger partial charge in [-0.3, -0.25) is 9.59 Å². The number of carbonyl (C=O) groups excluding carboxylic acids is 2. The molecule has 0 aromatic carbocycles. The van der Waals surface area contributed by atoms with Gasteiger partial charge in [0.25, 0.3) is 0 Å². The van der Waals surface area contributed by atoms with Crippen molar-refractivity contribution in [1.29, 1.82) is 0 Å². The lowest BCUT2D eigenvalue weighted by Gasteiger charge is -2.14. The van der Waals surface area contributed by atoms with Crippen molar-refractivity contribution in [2.24, 2.45) is 11.5 Å². The summed E-state index contributed by atoms with van der Waals surface area (Å²) < 4.78 is 0. The van der Waals surface area contributed by atoms with Crippen molar-refractivity contribution >= 4 is 24.4 Å². The van der Waals surface area contributed by atoms with Crippen molar-refractivity contribution in [3.8, 4) is 0 Å². The van der Waals surface area contributed by atoms with Crippen LogP contribution >= 0.6 is 12.6 Å². The smallest absolute Gasteiger partial charge is 0.237 e. The van der Waals surface area contributed by atoms with Crippen LogP contribution in [0.5, 0.6) is 0 Å². The van der Waals surface area contributed by atoms with Gasteiger partial charge in [0.05, 0.1) is 6.04 Å². The molecule has 0 saturated carbocycles. The molecule has 14 heavy (non-hydrogen) atoms. The molecule has 0 saturated heterocycles. The number of rotatable bonds is 6. The number of hydrogen-bond donors (Lipinski definition) is 3. The zero-order chi connectivity index (χ0) is 11.1. The molecule has 2 amide bonds. The lowest BCUT2D eigenvalue weighted by Crippen LogP contribution is -2.45. The van der Waals surface area contributed by atoms with Crippen LogP contribution in [0, 0.1) is 0 Å². The third-order valence-electron chi connectivity index (χ3n) is 1.68. The lowest BCUT2D eigenvalue weighted by atomic mass is 10.1. The molecule has 1 radical (unpaired) electrons. The maximum absolute atomic E-state index is 11.3. The maximum atomic E-state index is 11.3. The zero-order valence-corrected chi connectivity index (χ0v) is 8.97. The van der Waals surface area contributed by atoms with E-state index in [1.165, 1.54) is 0 Å². The Labute approximate surface area is 89.0 Å². The average molecular weight is 218 g/mol. The maximum Gasteiger partial charge on any atom is 0.237 e. The van der Waals surface area contributed by atoms with Gasteiger partial charge >= 0.3 is 0 Å². The van der Waals surface area contributed by atoms with Gasteiger partial charge in [-0.05, 0) is 13.3 Å². The fourth-order valence-electron chi connectivity index (χ4n) is 0.820. The molecule has 0 heterocycles. The quantitative estimate of drug-likeness (QED) is 0.548. The molecule has 0 aromatic rings. The third-order valence-corrected chi connectivity index (χ3v) is 2.18. The normalized spacial score (nSPS) is 14.5. The van der Waals surface area contributed by atoms with Crippen LogP contribution in [0.3, 0.4) is 0 Å². The highest BCUT2D eigenvalue weighted by atomic mass is 32.1.